The number of halogens is 4. The van der Waals surface area contributed by atoms with Crippen molar-refractivity contribution in [2.75, 3.05) is 5.32 Å². The summed E-state index contributed by atoms with van der Waals surface area (Å²) in [5.41, 5.74) is -2.67. The molecule has 2 N–H and O–H groups in total. The molecule has 27 heavy (non-hydrogen) atoms. The monoisotopic (exact) mass is 442 g/mol. The van der Waals surface area contributed by atoms with Crippen LogP contribution in [0.15, 0.2) is 50.9 Å². The summed E-state index contributed by atoms with van der Waals surface area (Å²) in [6.07, 6.45) is -3.03. The third kappa shape index (κ3) is 4.08. The van der Waals surface area contributed by atoms with Gasteiger partial charge in [-0.25, -0.2) is 4.98 Å². The van der Waals surface area contributed by atoms with Gasteiger partial charge in [0.25, 0.3) is 11.1 Å². The van der Waals surface area contributed by atoms with Crippen LogP contribution in [0.2, 0.25) is 0 Å². The first-order chi connectivity index (χ1) is 12.6. The number of H-pyrrole nitrogens is 1. The number of aromatic amines is 1. The van der Waals surface area contributed by atoms with Gasteiger partial charge in [0, 0.05) is 10.7 Å². The van der Waals surface area contributed by atoms with Crippen LogP contribution in [0.3, 0.4) is 0 Å². The van der Waals surface area contributed by atoms with Crippen molar-refractivity contribution >= 4 is 38.4 Å². The molecule has 1 aromatic carbocycles. The molecular weight excluding hydrogens is 433 g/mol. The third-order valence-electron chi connectivity index (χ3n) is 3.60. The molecule has 0 radical (unpaired) electrons. The molecule has 0 fully saturated rings. The van der Waals surface area contributed by atoms with Gasteiger partial charge in [-0.3, -0.25) is 19.0 Å². The zero-order valence-corrected chi connectivity index (χ0v) is 14.9. The van der Waals surface area contributed by atoms with Gasteiger partial charge in [0.15, 0.2) is 0 Å². The number of rotatable bonds is 3. The molecule has 2 aromatic heterocycles. The minimum atomic E-state index is -4.68. The number of alkyl halides is 3. The maximum Gasteiger partial charge on any atom is 0.417 e. The van der Waals surface area contributed by atoms with E-state index in [-0.39, 0.29) is 5.39 Å². The number of aromatic nitrogens is 3. The van der Waals surface area contributed by atoms with E-state index in [9.17, 15) is 27.6 Å². The van der Waals surface area contributed by atoms with Crippen LogP contribution in [-0.4, -0.2) is 20.4 Å². The fourth-order valence-electron chi connectivity index (χ4n) is 2.33. The van der Waals surface area contributed by atoms with E-state index in [1.807, 2.05) is 4.98 Å². The molecule has 0 unspecified atom stereocenters. The van der Waals surface area contributed by atoms with Crippen LogP contribution in [0.5, 0.6) is 0 Å². The largest absolute Gasteiger partial charge is 0.417 e. The Morgan fingerprint density at radius 2 is 2.00 bits per heavy atom. The highest BCUT2D eigenvalue weighted by Gasteiger charge is 2.31. The lowest BCUT2D eigenvalue weighted by atomic mass is 10.2. The number of hydrogen-bond acceptors (Lipinski definition) is 4. The Kier molecular flexibility index (Phi) is 4.87. The predicted octanol–water partition coefficient (Wildman–Crippen LogP) is 2.50. The molecule has 0 bridgehead atoms. The maximum absolute atomic E-state index is 12.7. The third-order valence-corrected chi connectivity index (χ3v) is 4.10. The van der Waals surface area contributed by atoms with Gasteiger partial charge in [-0.15, -0.1) is 0 Å². The van der Waals surface area contributed by atoms with Gasteiger partial charge in [-0.1, -0.05) is 15.9 Å². The van der Waals surface area contributed by atoms with Crippen LogP contribution in [-0.2, 0) is 17.5 Å². The predicted molar refractivity (Wildman–Crippen MR) is 94.4 cm³/mol. The standard InChI is InChI=1S/C16H10BrF3N4O3/c17-9-1-2-11-10(4-9)15(27)24(7-22-11)6-13(25)23-12-3-8(16(18,19)20)5-21-14(12)26/h1-5,7H,6H2,(H,21,26)(H,23,25). The van der Waals surface area contributed by atoms with Crippen LogP contribution in [0.4, 0.5) is 18.9 Å². The van der Waals surface area contributed by atoms with E-state index >= 15 is 0 Å². The van der Waals surface area contributed by atoms with Gasteiger partial charge in [-0.2, -0.15) is 13.2 Å². The van der Waals surface area contributed by atoms with Crippen molar-refractivity contribution < 1.29 is 18.0 Å². The van der Waals surface area contributed by atoms with Crippen molar-refractivity contribution in [3.8, 4) is 0 Å². The highest BCUT2D eigenvalue weighted by atomic mass is 79.9. The number of nitrogens with one attached hydrogen (secondary N) is 2. The molecule has 2 heterocycles. The Morgan fingerprint density at radius 1 is 1.26 bits per heavy atom. The van der Waals surface area contributed by atoms with E-state index in [0.717, 1.165) is 10.9 Å². The summed E-state index contributed by atoms with van der Waals surface area (Å²) >= 11 is 3.23. The second-order valence-electron chi connectivity index (χ2n) is 5.52. The van der Waals surface area contributed by atoms with Crippen LogP contribution in [0.1, 0.15) is 5.56 Å². The molecule has 0 aliphatic heterocycles. The molecule has 0 saturated heterocycles. The topological polar surface area (TPSA) is 96.8 Å². The van der Waals surface area contributed by atoms with Crippen molar-refractivity contribution in [1.82, 2.24) is 14.5 Å². The zero-order chi connectivity index (χ0) is 19.8. The van der Waals surface area contributed by atoms with E-state index in [1.54, 1.807) is 12.1 Å². The lowest BCUT2D eigenvalue weighted by Crippen LogP contribution is -2.29. The number of hydrogen-bond donors (Lipinski definition) is 2. The quantitative estimate of drug-likeness (QED) is 0.651. The van der Waals surface area contributed by atoms with Gasteiger partial charge in [0.1, 0.15) is 12.2 Å². The van der Waals surface area contributed by atoms with Gasteiger partial charge in [0.2, 0.25) is 5.91 Å². The summed E-state index contributed by atoms with van der Waals surface area (Å²) in [4.78, 5) is 42.1. The molecule has 11 heteroatoms. The van der Waals surface area contributed by atoms with Crippen LogP contribution >= 0.6 is 15.9 Å². The fourth-order valence-corrected chi connectivity index (χ4v) is 2.69. The van der Waals surface area contributed by atoms with Crippen molar-refractivity contribution in [1.29, 1.82) is 0 Å². The summed E-state index contributed by atoms with van der Waals surface area (Å²) in [7, 11) is 0. The van der Waals surface area contributed by atoms with Gasteiger partial charge in [-0.05, 0) is 24.3 Å². The lowest BCUT2D eigenvalue weighted by molar-refractivity contribution is -0.137. The number of carbonyl (C=O) groups is 1. The second kappa shape index (κ2) is 6.99. The Hall–Kier alpha value is -2.95. The second-order valence-corrected chi connectivity index (χ2v) is 6.43. The molecular formula is C16H10BrF3N4O3. The normalized spacial score (nSPS) is 11.6. The minimum Gasteiger partial charge on any atom is -0.327 e. The Balaban J connectivity index is 1.87. The summed E-state index contributed by atoms with van der Waals surface area (Å²) in [6, 6.07) is 5.38. The van der Waals surface area contributed by atoms with Crippen LogP contribution in [0.25, 0.3) is 10.9 Å². The number of anilines is 1. The number of pyridine rings is 1. The molecule has 0 spiro atoms. The first kappa shape index (κ1) is 18.8. The molecule has 0 atom stereocenters. The lowest BCUT2D eigenvalue weighted by Gasteiger charge is -2.10. The van der Waals surface area contributed by atoms with Crippen molar-refractivity contribution in [2.24, 2.45) is 0 Å². The highest BCUT2D eigenvalue weighted by molar-refractivity contribution is 9.10. The highest BCUT2D eigenvalue weighted by Crippen LogP contribution is 2.29. The molecule has 3 rings (SSSR count). The van der Waals surface area contributed by atoms with Gasteiger partial charge < -0.3 is 10.3 Å². The number of amides is 1. The Morgan fingerprint density at radius 3 is 2.70 bits per heavy atom. The number of benzene rings is 1. The van der Waals surface area contributed by atoms with Crippen molar-refractivity contribution in [3.05, 3.63) is 67.5 Å². The van der Waals surface area contributed by atoms with Gasteiger partial charge >= 0.3 is 6.18 Å². The summed E-state index contributed by atoms with van der Waals surface area (Å²) in [5.74, 6) is -0.849. The molecule has 0 aliphatic carbocycles. The molecule has 7 nitrogen and oxygen atoms in total. The average molecular weight is 443 g/mol. The summed E-state index contributed by atoms with van der Waals surface area (Å²) in [5, 5.41) is 2.34. The molecule has 1 amide bonds. The van der Waals surface area contributed by atoms with E-state index in [0.29, 0.717) is 22.3 Å². The Labute approximate surface area is 157 Å². The van der Waals surface area contributed by atoms with E-state index in [2.05, 4.69) is 26.2 Å². The smallest absolute Gasteiger partial charge is 0.327 e. The molecule has 140 valence electrons. The molecule has 0 aliphatic rings. The number of fused-ring (bicyclic) bond motifs is 1. The van der Waals surface area contributed by atoms with E-state index in [4.69, 9.17) is 0 Å². The van der Waals surface area contributed by atoms with Crippen molar-refractivity contribution in [3.63, 3.8) is 0 Å². The first-order valence-electron chi connectivity index (χ1n) is 7.39. The van der Waals surface area contributed by atoms with E-state index < -0.39 is 41.0 Å². The fraction of sp³-hybridized carbons (Fsp3) is 0.125. The van der Waals surface area contributed by atoms with Crippen molar-refractivity contribution in [2.45, 2.75) is 12.7 Å². The molecule has 3 aromatic rings. The van der Waals surface area contributed by atoms with Gasteiger partial charge in [0.05, 0.1) is 22.8 Å². The molecule has 0 saturated carbocycles. The average Bonchev–Trinajstić information content (AvgIpc) is 2.59. The maximum atomic E-state index is 12.7. The number of carbonyl (C=O) groups excluding carboxylic acids is 1. The van der Waals surface area contributed by atoms with Crippen LogP contribution in [0, 0.1) is 0 Å². The SMILES string of the molecule is O=C(Cn1cnc2ccc(Br)cc2c1=O)Nc1cc(C(F)(F)F)c[nH]c1=O. The summed E-state index contributed by atoms with van der Waals surface area (Å²) < 4.78 is 39.8. The Bertz CT molecular complexity index is 1150. The number of nitrogens with zero attached hydrogens (tertiary/aromatic N) is 2. The van der Waals surface area contributed by atoms with Crippen LogP contribution < -0.4 is 16.4 Å². The van der Waals surface area contributed by atoms with E-state index in [1.165, 1.54) is 6.07 Å². The first-order valence-corrected chi connectivity index (χ1v) is 8.19. The summed E-state index contributed by atoms with van der Waals surface area (Å²) in [6.45, 7) is -0.524. The minimum absolute atomic E-state index is 0.261. The zero-order valence-electron chi connectivity index (χ0n) is 13.3.